The molecule has 144 valence electrons. The standard InChI is InChI=1S/C22H27BrN2O2/c1-15(2)24-22(27)17(4)25(14-19-9-6-10-20(23)12-19)21(26)13-18-8-5-7-16(3)11-18/h5-12,15,17H,13-14H2,1-4H3,(H,24,27). The van der Waals surface area contributed by atoms with Gasteiger partial charge in [-0.3, -0.25) is 9.59 Å². The molecule has 0 heterocycles. The Labute approximate surface area is 170 Å². The van der Waals surface area contributed by atoms with Gasteiger partial charge in [-0.2, -0.15) is 0 Å². The highest BCUT2D eigenvalue weighted by atomic mass is 79.9. The number of hydrogen-bond donors (Lipinski definition) is 1. The van der Waals surface area contributed by atoms with Crippen molar-refractivity contribution in [2.45, 2.75) is 52.7 Å². The quantitative estimate of drug-likeness (QED) is 0.713. The van der Waals surface area contributed by atoms with Crippen LogP contribution in [-0.2, 0) is 22.6 Å². The van der Waals surface area contributed by atoms with Crippen LogP contribution in [0.1, 0.15) is 37.5 Å². The van der Waals surface area contributed by atoms with E-state index < -0.39 is 6.04 Å². The van der Waals surface area contributed by atoms with Crippen LogP contribution < -0.4 is 5.32 Å². The minimum atomic E-state index is -0.552. The Hall–Kier alpha value is -2.14. The van der Waals surface area contributed by atoms with Gasteiger partial charge in [-0.15, -0.1) is 0 Å². The minimum absolute atomic E-state index is 0.0274. The number of nitrogens with zero attached hydrogens (tertiary/aromatic N) is 1. The zero-order valence-corrected chi connectivity index (χ0v) is 17.9. The number of rotatable bonds is 7. The summed E-state index contributed by atoms with van der Waals surface area (Å²) in [6.07, 6.45) is 0.273. The predicted molar refractivity (Wildman–Crippen MR) is 112 cm³/mol. The molecule has 1 N–H and O–H groups in total. The van der Waals surface area contributed by atoms with Crippen molar-refractivity contribution in [3.05, 3.63) is 69.7 Å². The van der Waals surface area contributed by atoms with Crippen LogP contribution in [0.5, 0.6) is 0 Å². The van der Waals surface area contributed by atoms with Crippen molar-refractivity contribution in [1.29, 1.82) is 0 Å². The summed E-state index contributed by atoms with van der Waals surface area (Å²) in [6, 6.07) is 15.2. The first-order chi connectivity index (χ1) is 12.8. The van der Waals surface area contributed by atoms with Crippen LogP contribution in [0.15, 0.2) is 53.0 Å². The Kier molecular flexibility index (Phi) is 7.60. The van der Waals surface area contributed by atoms with E-state index in [1.165, 1.54) is 0 Å². The lowest BCUT2D eigenvalue weighted by Gasteiger charge is -2.29. The lowest BCUT2D eigenvalue weighted by molar-refractivity contribution is -0.140. The number of benzene rings is 2. The van der Waals surface area contributed by atoms with E-state index in [1.807, 2.05) is 69.3 Å². The van der Waals surface area contributed by atoms with Crippen molar-refractivity contribution >= 4 is 27.7 Å². The van der Waals surface area contributed by atoms with Crippen molar-refractivity contribution in [3.63, 3.8) is 0 Å². The van der Waals surface area contributed by atoms with Gasteiger partial charge in [-0.1, -0.05) is 57.9 Å². The van der Waals surface area contributed by atoms with Crippen molar-refractivity contribution in [1.82, 2.24) is 10.2 Å². The molecule has 2 aromatic carbocycles. The van der Waals surface area contributed by atoms with Crippen LogP contribution >= 0.6 is 15.9 Å². The molecule has 0 saturated carbocycles. The summed E-state index contributed by atoms with van der Waals surface area (Å²) >= 11 is 3.47. The molecular formula is C22H27BrN2O2. The maximum absolute atomic E-state index is 13.1. The Morgan fingerprint density at radius 2 is 1.70 bits per heavy atom. The van der Waals surface area contributed by atoms with Gasteiger partial charge in [0.05, 0.1) is 6.42 Å². The van der Waals surface area contributed by atoms with Gasteiger partial charge in [-0.05, 0) is 51.0 Å². The van der Waals surface area contributed by atoms with Gasteiger partial charge in [0.15, 0.2) is 0 Å². The molecule has 1 atom stereocenters. The first-order valence-corrected chi connectivity index (χ1v) is 9.95. The normalized spacial score (nSPS) is 11.9. The Morgan fingerprint density at radius 1 is 1.04 bits per heavy atom. The van der Waals surface area contributed by atoms with Crippen molar-refractivity contribution in [3.8, 4) is 0 Å². The van der Waals surface area contributed by atoms with E-state index in [2.05, 4.69) is 21.2 Å². The zero-order chi connectivity index (χ0) is 20.0. The highest BCUT2D eigenvalue weighted by molar-refractivity contribution is 9.10. The van der Waals surface area contributed by atoms with Crippen molar-refractivity contribution < 1.29 is 9.59 Å². The largest absolute Gasteiger partial charge is 0.352 e. The summed E-state index contributed by atoms with van der Waals surface area (Å²) in [6.45, 7) is 8.00. The second-order valence-electron chi connectivity index (χ2n) is 7.16. The molecule has 0 aliphatic rings. The highest BCUT2D eigenvalue weighted by Gasteiger charge is 2.26. The molecule has 0 aliphatic heterocycles. The first-order valence-electron chi connectivity index (χ1n) is 9.16. The molecule has 0 radical (unpaired) electrons. The van der Waals surface area contributed by atoms with Crippen LogP contribution in [0.3, 0.4) is 0 Å². The molecule has 4 nitrogen and oxygen atoms in total. The van der Waals surface area contributed by atoms with E-state index in [1.54, 1.807) is 11.8 Å². The van der Waals surface area contributed by atoms with E-state index in [-0.39, 0.29) is 24.3 Å². The number of halogens is 1. The van der Waals surface area contributed by atoms with E-state index in [4.69, 9.17) is 0 Å². The number of aryl methyl sites for hydroxylation is 1. The van der Waals surface area contributed by atoms with E-state index in [0.717, 1.165) is 21.2 Å². The van der Waals surface area contributed by atoms with Crippen LogP contribution in [0.4, 0.5) is 0 Å². The van der Waals surface area contributed by atoms with Gasteiger partial charge < -0.3 is 10.2 Å². The molecule has 2 rings (SSSR count). The molecule has 0 bridgehead atoms. The van der Waals surface area contributed by atoms with Gasteiger partial charge >= 0.3 is 0 Å². The SMILES string of the molecule is Cc1cccc(CC(=O)N(Cc2cccc(Br)c2)C(C)C(=O)NC(C)C)c1. The van der Waals surface area contributed by atoms with E-state index in [0.29, 0.717) is 6.54 Å². The first kappa shape index (κ1) is 21.2. The third kappa shape index (κ3) is 6.51. The lowest BCUT2D eigenvalue weighted by Crippen LogP contribution is -2.49. The smallest absolute Gasteiger partial charge is 0.242 e. The van der Waals surface area contributed by atoms with E-state index in [9.17, 15) is 9.59 Å². The summed E-state index contributed by atoms with van der Waals surface area (Å²) < 4.78 is 0.949. The number of hydrogen-bond acceptors (Lipinski definition) is 2. The van der Waals surface area contributed by atoms with E-state index >= 15 is 0 Å². The predicted octanol–water partition coefficient (Wildman–Crippen LogP) is 4.24. The van der Waals surface area contributed by atoms with Crippen molar-refractivity contribution in [2.75, 3.05) is 0 Å². The van der Waals surface area contributed by atoms with Crippen molar-refractivity contribution in [2.24, 2.45) is 0 Å². The Balaban J connectivity index is 2.24. The molecule has 27 heavy (non-hydrogen) atoms. The molecule has 2 amide bonds. The summed E-state index contributed by atoms with van der Waals surface area (Å²) in [4.78, 5) is 27.3. The second-order valence-corrected chi connectivity index (χ2v) is 8.07. The number of amides is 2. The molecule has 2 aromatic rings. The molecular weight excluding hydrogens is 404 g/mol. The number of carbonyl (C=O) groups excluding carboxylic acids is 2. The molecule has 1 unspecified atom stereocenters. The fourth-order valence-corrected chi connectivity index (χ4v) is 3.36. The Morgan fingerprint density at radius 3 is 2.33 bits per heavy atom. The topological polar surface area (TPSA) is 49.4 Å². The third-order valence-corrected chi connectivity index (χ3v) is 4.77. The van der Waals surface area contributed by atoms with Crippen LogP contribution in [0.25, 0.3) is 0 Å². The fourth-order valence-electron chi connectivity index (χ4n) is 2.92. The maximum atomic E-state index is 13.1. The highest BCUT2D eigenvalue weighted by Crippen LogP contribution is 2.17. The molecule has 0 saturated heterocycles. The molecule has 0 fully saturated rings. The summed E-state index contributed by atoms with van der Waals surface area (Å²) in [5.74, 6) is -0.204. The monoisotopic (exact) mass is 430 g/mol. The maximum Gasteiger partial charge on any atom is 0.242 e. The summed E-state index contributed by atoms with van der Waals surface area (Å²) in [7, 11) is 0. The van der Waals surface area contributed by atoms with Crippen LogP contribution in [0, 0.1) is 6.92 Å². The Bertz CT molecular complexity index is 804. The van der Waals surface area contributed by atoms with Gasteiger partial charge in [0.25, 0.3) is 0 Å². The average Bonchev–Trinajstić information content (AvgIpc) is 2.58. The van der Waals surface area contributed by atoms with Crippen LogP contribution in [-0.4, -0.2) is 28.8 Å². The average molecular weight is 431 g/mol. The molecule has 0 aromatic heterocycles. The summed E-state index contributed by atoms with van der Waals surface area (Å²) in [5.41, 5.74) is 3.05. The lowest BCUT2D eigenvalue weighted by atomic mass is 10.1. The van der Waals surface area contributed by atoms with Crippen LogP contribution in [0.2, 0.25) is 0 Å². The fraction of sp³-hybridized carbons (Fsp3) is 0.364. The van der Waals surface area contributed by atoms with Gasteiger partial charge in [0.2, 0.25) is 11.8 Å². The number of nitrogens with one attached hydrogen (secondary N) is 1. The van der Waals surface area contributed by atoms with Gasteiger partial charge in [0.1, 0.15) is 6.04 Å². The number of carbonyl (C=O) groups is 2. The third-order valence-electron chi connectivity index (χ3n) is 4.28. The van der Waals surface area contributed by atoms with Gasteiger partial charge in [0, 0.05) is 17.1 Å². The second kappa shape index (κ2) is 9.70. The van der Waals surface area contributed by atoms with Gasteiger partial charge in [-0.25, -0.2) is 0 Å². The summed E-state index contributed by atoms with van der Waals surface area (Å²) in [5, 5.41) is 2.91. The minimum Gasteiger partial charge on any atom is -0.352 e. The molecule has 5 heteroatoms. The molecule has 0 aliphatic carbocycles. The molecule has 0 spiro atoms. The zero-order valence-electron chi connectivity index (χ0n) is 16.3.